The van der Waals surface area contributed by atoms with Crippen molar-refractivity contribution in [2.45, 2.75) is 26.3 Å². The number of methoxy groups -OCH3 is 2. The number of rotatable bonds is 6. The van der Waals surface area contributed by atoms with Gasteiger partial charge in [-0.1, -0.05) is 13.8 Å². The molecule has 0 bridgehead atoms. The van der Waals surface area contributed by atoms with Gasteiger partial charge in [0.05, 0.1) is 26.6 Å². The fraction of sp³-hybridized carbons (Fsp3) is 0.538. The number of carbonyl (C=O) groups is 2. The monoisotopic (exact) mass is 281 g/mol. The Bertz CT molecular complexity index is 476. The van der Waals surface area contributed by atoms with Crippen molar-refractivity contribution in [3.63, 3.8) is 0 Å². The van der Waals surface area contributed by atoms with E-state index < -0.39 is 12.0 Å². The van der Waals surface area contributed by atoms with Crippen LogP contribution in [0.15, 0.2) is 12.4 Å². The molecule has 1 atom stereocenters. The van der Waals surface area contributed by atoms with Crippen LogP contribution < -0.4 is 5.32 Å². The van der Waals surface area contributed by atoms with Crippen molar-refractivity contribution in [3.8, 4) is 0 Å². The van der Waals surface area contributed by atoms with Crippen molar-refractivity contribution in [2.75, 3.05) is 19.5 Å². The summed E-state index contributed by atoms with van der Waals surface area (Å²) < 4.78 is 9.31. The third-order valence-electron chi connectivity index (χ3n) is 2.54. The summed E-state index contributed by atoms with van der Waals surface area (Å²) in [5, 5.41) is 2.92. The summed E-state index contributed by atoms with van der Waals surface area (Å²) >= 11 is 0. The van der Waals surface area contributed by atoms with Crippen LogP contribution in [0.2, 0.25) is 0 Å². The Kier molecular flexibility index (Phi) is 5.89. The van der Waals surface area contributed by atoms with Crippen LogP contribution in [0.1, 0.15) is 30.8 Å². The molecular weight excluding hydrogens is 262 g/mol. The van der Waals surface area contributed by atoms with Crippen LogP contribution in [0.5, 0.6) is 0 Å². The molecule has 0 aliphatic heterocycles. The van der Waals surface area contributed by atoms with Gasteiger partial charge in [-0.2, -0.15) is 0 Å². The molecule has 7 nitrogen and oxygen atoms in total. The number of ether oxygens (including phenoxy) is 2. The van der Waals surface area contributed by atoms with Crippen LogP contribution in [-0.2, 0) is 14.3 Å². The van der Waals surface area contributed by atoms with Gasteiger partial charge in [0.15, 0.2) is 5.69 Å². The van der Waals surface area contributed by atoms with E-state index in [9.17, 15) is 9.59 Å². The van der Waals surface area contributed by atoms with Crippen LogP contribution in [0.4, 0.5) is 5.82 Å². The van der Waals surface area contributed by atoms with Gasteiger partial charge in [0.2, 0.25) is 0 Å². The highest BCUT2D eigenvalue weighted by molar-refractivity contribution is 5.87. The van der Waals surface area contributed by atoms with Crippen molar-refractivity contribution >= 4 is 17.8 Å². The number of aromatic nitrogens is 2. The maximum atomic E-state index is 11.7. The van der Waals surface area contributed by atoms with Gasteiger partial charge in [-0.15, -0.1) is 0 Å². The minimum absolute atomic E-state index is 0.0747. The molecule has 0 spiro atoms. The Morgan fingerprint density at radius 2 is 1.95 bits per heavy atom. The third-order valence-corrected chi connectivity index (χ3v) is 2.54. The molecule has 0 aliphatic rings. The number of nitrogens with zero attached hydrogens (tertiary/aromatic N) is 2. The van der Waals surface area contributed by atoms with Crippen molar-refractivity contribution in [1.29, 1.82) is 0 Å². The number of nitrogens with one attached hydrogen (secondary N) is 1. The third kappa shape index (κ3) is 4.49. The van der Waals surface area contributed by atoms with Gasteiger partial charge >= 0.3 is 11.9 Å². The number of carbonyl (C=O) groups excluding carboxylic acids is 2. The predicted molar refractivity (Wildman–Crippen MR) is 72.3 cm³/mol. The summed E-state index contributed by atoms with van der Waals surface area (Å²) in [7, 11) is 2.59. The van der Waals surface area contributed by atoms with E-state index in [0.717, 1.165) is 0 Å². The molecule has 0 radical (unpaired) electrons. The van der Waals surface area contributed by atoms with E-state index in [0.29, 0.717) is 18.2 Å². The van der Waals surface area contributed by atoms with Crippen molar-refractivity contribution in [3.05, 3.63) is 18.1 Å². The lowest BCUT2D eigenvalue weighted by molar-refractivity contribution is -0.141. The molecule has 0 saturated heterocycles. The van der Waals surface area contributed by atoms with E-state index in [1.165, 1.54) is 26.6 Å². The highest BCUT2D eigenvalue weighted by Gasteiger charge is 2.21. The number of anilines is 1. The van der Waals surface area contributed by atoms with Gasteiger partial charge in [-0.25, -0.2) is 14.6 Å². The van der Waals surface area contributed by atoms with Crippen LogP contribution in [0, 0.1) is 5.92 Å². The fourth-order valence-corrected chi connectivity index (χ4v) is 1.64. The lowest BCUT2D eigenvalue weighted by Gasteiger charge is -2.18. The quantitative estimate of drug-likeness (QED) is 0.785. The molecule has 0 amide bonds. The topological polar surface area (TPSA) is 90.4 Å². The first-order chi connectivity index (χ1) is 9.47. The lowest BCUT2D eigenvalue weighted by Crippen LogP contribution is -2.32. The Labute approximate surface area is 117 Å². The van der Waals surface area contributed by atoms with E-state index in [-0.39, 0.29) is 11.7 Å². The van der Waals surface area contributed by atoms with Crippen molar-refractivity contribution < 1.29 is 19.1 Å². The summed E-state index contributed by atoms with van der Waals surface area (Å²) in [6, 6.07) is -0.540. The van der Waals surface area contributed by atoms with Crippen LogP contribution in [-0.4, -0.2) is 42.2 Å². The first-order valence-corrected chi connectivity index (χ1v) is 6.22. The van der Waals surface area contributed by atoms with E-state index in [2.05, 4.69) is 20.0 Å². The molecule has 0 fully saturated rings. The van der Waals surface area contributed by atoms with E-state index in [1.807, 2.05) is 13.8 Å². The zero-order valence-corrected chi connectivity index (χ0v) is 12.0. The summed E-state index contributed by atoms with van der Waals surface area (Å²) in [6.45, 7) is 3.99. The van der Waals surface area contributed by atoms with E-state index in [4.69, 9.17) is 4.74 Å². The highest BCUT2D eigenvalue weighted by atomic mass is 16.5. The summed E-state index contributed by atoms with van der Waals surface area (Å²) in [4.78, 5) is 31.0. The first kappa shape index (κ1) is 15.9. The van der Waals surface area contributed by atoms with Crippen LogP contribution >= 0.6 is 0 Å². The van der Waals surface area contributed by atoms with Crippen LogP contribution in [0.3, 0.4) is 0 Å². The molecule has 1 rings (SSSR count). The van der Waals surface area contributed by atoms with Gasteiger partial charge in [0, 0.05) is 0 Å². The minimum Gasteiger partial charge on any atom is -0.467 e. The van der Waals surface area contributed by atoms with Crippen molar-refractivity contribution in [2.24, 2.45) is 5.92 Å². The molecule has 1 N–H and O–H groups in total. The Hall–Kier alpha value is -2.18. The minimum atomic E-state index is -0.584. The summed E-state index contributed by atoms with van der Waals surface area (Å²) in [5.74, 6) is -0.351. The highest BCUT2D eigenvalue weighted by Crippen LogP contribution is 2.12. The molecule has 1 heterocycles. The zero-order chi connectivity index (χ0) is 15.1. The smallest absolute Gasteiger partial charge is 0.358 e. The first-order valence-electron chi connectivity index (χ1n) is 6.22. The van der Waals surface area contributed by atoms with Crippen LogP contribution in [0.25, 0.3) is 0 Å². The molecule has 110 valence electrons. The van der Waals surface area contributed by atoms with E-state index in [1.54, 1.807) is 0 Å². The standard InChI is InChI=1S/C13H19N3O4/c1-8(2)5-9(12(17)19-3)15-11-7-14-6-10(16-11)13(18)20-4/h6-9H,5H2,1-4H3,(H,15,16). The maximum absolute atomic E-state index is 11.7. The second-order valence-corrected chi connectivity index (χ2v) is 4.63. The summed E-state index contributed by atoms with van der Waals surface area (Å²) in [5.41, 5.74) is 0.0747. The Morgan fingerprint density at radius 3 is 2.50 bits per heavy atom. The normalized spacial score (nSPS) is 11.8. The van der Waals surface area contributed by atoms with Gasteiger partial charge in [-0.3, -0.25) is 4.98 Å². The molecular formula is C13H19N3O4. The number of hydrogen-bond donors (Lipinski definition) is 1. The van der Waals surface area contributed by atoms with E-state index >= 15 is 0 Å². The molecule has 0 saturated carbocycles. The Balaban J connectivity index is 2.87. The van der Waals surface area contributed by atoms with Gasteiger partial charge < -0.3 is 14.8 Å². The fourth-order valence-electron chi connectivity index (χ4n) is 1.64. The average Bonchev–Trinajstić information content (AvgIpc) is 2.44. The van der Waals surface area contributed by atoms with Gasteiger partial charge in [-0.05, 0) is 12.3 Å². The number of hydrogen-bond acceptors (Lipinski definition) is 7. The molecule has 7 heteroatoms. The second kappa shape index (κ2) is 7.42. The summed E-state index contributed by atoms with van der Waals surface area (Å²) in [6.07, 6.45) is 3.31. The molecule has 20 heavy (non-hydrogen) atoms. The SMILES string of the molecule is COC(=O)c1cncc(NC(CC(C)C)C(=O)OC)n1. The second-order valence-electron chi connectivity index (χ2n) is 4.63. The van der Waals surface area contributed by atoms with Gasteiger partial charge in [0.1, 0.15) is 11.9 Å². The number of esters is 2. The molecule has 0 aromatic carbocycles. The van der Waals surface area contributed by atoms with Crippen molar-refractivity contribution in [1.82, 2.24) is 9.97 Å². The molecule has 0 aliphatic carbocycles. The van der Waals surface area contributed by atoms with Gasteiger partial charge in [0.25, 0.3) is 0 Å². The molecule has 1 aromatic heterocycles. The zero-order valence-electron chi connectivity index (χ0n) is 12.0. The predicted octanol–water partition coefficient (Wildman–Crippen LogP) is 1.26. The maximum Gasteiger partial charge on any atom is 0.358 e. The lowest BCUT2D eigenvalue weighted by atomic mass is 10.0. The largest absolute Gasteiger partial charge is 0.467 e. The average molecular weight is 281 g/mol. The Morgan fingerprint density at radius 1 is 1.25 bits per heavy atom. The molecule has 1 aromatic rings. The molecule has 1 unspecified atom stereocenters.